The molecule has 0 aliphatic carbocycles. The fourth-order valence-electron chi connectivity index (χ4n) is 9.92. The molecule has 81 heavy (non-hydrogen) atoms. The highest BCUT2D eigenvalue weighted by molar-refractivity contribution is 6.05. The van der Waals surface area contributed by atoms with Crippen molar-refractivity contribution in [2.24, 2.45) is 30.7 Å². The second-order valence-corrected chi connectivity index (χ2v) is 19.0. The highest BCUT2D eigenvalue weighted by Gasteiger charge is 2.24. The van der Waals surface area contributed by atoms with E-state index in [1.165, 1.54) is 18.2 Å². The zero-order chi connectivity index (χ0) is 54.7. The quantitative estimate of drug-likeness (QED) is 0.0674. The maximum Gasteiger partial charge on any atom is 0.343 e. The standard InChI is InChI=1S/C69H42N6O6/c76-67(79-61-37-34-46-19-4-10-28-55(46)64(61)73-70-58-31-13-22-43-16-1-7-25-52(43)58)49-40-50(68(77)80-62-38-35-47-20-5-11-29-56(47)65(62)74-71-59-32-14-23-44-17-2-8-26-53(44)59)42-51(41-49)69(78)81-63-39-36-48-21-6-12-30-57(48)66(63)75-72-60-33-15-24-45-18-3-9-27-54(45)60/h1-42H/b73-70+,74-71+,75-72+. The highest BCUT2D eigenvalue weighted by Crippen LogP contribution is 2.42. The summed E-state index contributed by atoms with van der Waals surface area (Å²) in [5, 5.41) is 38.2. The Morgan fingerprint density at radius 3 is 0.753 bits per heavy atom. The lowest BCUT2D eigenvalue weighted by Crippen LogP contribution is -2.17. The van der Waals surface area contributed by atoms with Gasteiger partial charge in [-0.3, -0.25) is 0 Å². The molecular weight excluding hydrogens is 1010 g/mol. The Hall–Kier alpha value is -11.4. The number of rotatable bonds is 12. The molecule has 0 fully saturated rings. The Kier molecular flexibility index (Phi) is 13.1. The van der Waals surface area contributed by atoms with Gasteiger partial charge >= 0.3 is 17.9 Å². The predicted molar refractivity (Wildman–Crippen MR) is 318 cm³/mol. The van der Waals surface area contributed by atoms with Crippen LogP contribution in [0.3, 0.4) is 0 Å². The molecule has 0 saturated heterocycles. The van der Waals surface area contributed by atoms with E-state index >= 15 is 0 Å². The number of fused-ring (bicyclic) bond motifs is 6. The lowest BCUT2D eigenvalue weighted by Gasteiger charge is -2.13. The summed E-state index contributed by atoms with van der Waals surface area (Å²) >= 11 is 0. The topological polar surface area (TPSA) is 153 Å². The van der Waals surface area contributed by atoms with Gasteiger partial charge in [0.05, 0.1) is 33.8 Å². The van der Waals surface area contributed by atoms with Crippen molar-refractivity contribution in [3.05, 3.63) is 271 Å². The second-order valence-electron chi connectivity index (χ2n) is 19.0. The monoisotopic (exact) mass is 1050 g/mol. The molecule has 13 aromatic carbocycles. The van der Waals surface area contributed by atoms with Gasteiger partial charge in [-0.25, -0.2) is 14.4 Å². The molecule has 13 rings (SSSR count). The molecule has 0 N–H and O–H groups in total. The molecule has 0 spiro atoms. The Morgan fingerprint density at radius 1 is 0.235 bits per heavy atom. The Bertz CT molecular complexity index is 4280. The van der Waals surface area contributed by atoms with Crippen molar-refractivity contribution in [3.63, 3.8) is 0 Å². The molecule has 0 bridgehead atoms. The van der Waals surface area contributed by atoms with Crippen LogP contribution in [0.15, 0.2) is 285 Å². The van der Waals surface area contributed by atoms with Gasteiger partial charge < -0.3 is 14.2 Å². The van der Waals surface area contributed by atoms with Crippen molar-refractivity contribution in [1.82, 2.24) is 0 Å². The van der Waals surface area contributed by atoms with Gasteiger partial charge in [0.25, 0.3) is 0 Å². The molecule has 12 nitrogen and oxygen atoms in total. The molecular formula is C69H42N6O6. The zero-order valence-electron chi connectivity index (χ0n) is 42.9. The second kappa shape index (κ2) is 21.6. The van der Waals surface area contributed by atoms with Crippen molar-refractivity contribution >= 4 is 117 Å². The molecule has 0 amide bonds. The third kappa shape index (κ3) is 9.99. The highest BCUT2D eigenvalue weighted by atomic mass is 16.5. The van der Waals surface area contributed by atoms with Crippen molar-refractivity contribution in [2.75, 3.05) is 0 Å². The van der Waals surface area contributed by atoms with E-state index in [1.54, 1.807) is 18.2 Å². The summed E-state index contributed by atoms with van der Waals surface area (Å²) in [6.45, 7) is 0. The first-order chi connectivity index (χ1) is 39.9. The minimum Gasteiger partial charge on any atom is -0.421 e. The molecule has 0 aromatic heterocycles. The van der Waals surface area contributed by atoms with Crippen LogP contribution < -0.4 is 14.2 Å². The lowest BCUT2D eigenvalue weighted by atomic mass is 10.0. The molecule has 0 heterocycles. The third-order valence-corrected chi connectivity index (χ3v) is 13.9. The Balaban J connectivity index is 0.895. The number of azo groups is 3. The first kappa shape index (κ1) is 49.2. The fourth-order valence-corrected chi connectivity index (χ4v) is 9.92. The van der Waals surface area contributed by atoms with Gasteiger partial charge in [0.2, 0.25) is 0 Å². The van der Waals surface area contributed by atoms with Gasteiger partial charge in [-0.2, -0.15) is 0 Å². The minimum absolute atomic E-state index is 0.0783. The van der Waals surface area contributed by atoms with Gasteiger partial charge in [0.15, 0.2) is 17.2 Å². The summed E-state index contributed by atoms with van der Waals surface area (Å²) in [6.07, 6.45) is 0. The third-order valence-electron chi connectivity index (χ3n) is 13.9. The summed E-state index contributed by atoms with van der Waals surface area (Å²) in [5.41, 5.74) is 2.17. The van der Waals surface area contributed by atoms with Crippen LogP contribution in [-0.4, -0.2) is 17.9 Å². The van der Waals surface area contributed by atoms with Crippen LogP contribution in [0.2, 0.25) is 0 Å². The normalized spacial score (nSPS) is 11.7. The molecule has 0 aliphatic rings. The maximum atomic E-state index is 14.8. The van der Waals surface area contributed by atoms with Crippen molar-refractivity contribution in [1.29, 1.82) is 0 Å². The van der Waals surface area contributed by atoms with Gasteiger partial charge in [0.1, 0.15) is 17.1 Å². The van der Waals surface area contributed by atoms with Crippen molar-refractivity contribution < 1.29 is 28.6 Å². The first-order valence-electron chi connectivity index (χ1n) is 25.9. The number of hydrogen-bond acceptors (Lipinski definition) is 12. The number of hydrogen-bond donors (Lipinski definition) is 0. The van der Waals surface area contributed by atoms with Crippen LogP contribution >= 0.6 is 0 Å². The lowest BCUT2D eigenvalue weighted by molar-refractivity contribution is 0.0735. The van der Waals surface area contributed by atoms with E-state index in [-0.39, 0.29) is 51.0 Å². The van der Waals surface area contributed by atoms with Crippen LogP contribution in [0.25, 0.3) is 64.6 Å². The number of nitrogens with zero attached hydrogens (tertiary/aromatic N) is 6. The molecule has 384 valence electrons. The molecule has 0 aliphatic heterocycles. The van der Waals surface area contributed by atoms with Crippen molar-refractivity contribution in [2.45, 2.75) is 0 Å². The average molecular weight is 1050 g/mol. The van der Waals surface area contributed by atoms with E-state index in [0.29, 0.717) is 33.2 Å². The zero-order valence-corrected chi connectivity index (χ0v) is 42.9. The molecule has 0 atom stereocenters. The van der Waals surface area contributed by atoms with E-state index in [1.807, 2.05) is 218 Å². The van der Waals surface area contributed by atoms with Gasteiger partial charge in [0, 0.05) is 32.3 Å². The van der Waals surface area contributed by atoms with Crippen LogP contribution in [0.5, 0.6) is 17.2 Å². The predicted octanol–water partition coefficient (Wildman–Crippen LogP) is 19.5. The summed E-state index contributed by atoms with van der Waals surface area (Å²) in [4.78, 5) is 44.4. The number of benzene rings is 13. The summed E-state index contributed by atoms with van der Waals surface area (Å²) in [6, 6.07) is 77.6. The molecule has 0 unspecified atom stereocenters. The number of carbonyl (C=O) groups is 3. The van der Waals surface area contributed by atoms with Crippen LogP contribution in [0.4, 0.5) is 34.1 Å². The smallest absolute Gasteiger partial charge is 0.343 e. The number of ether oxygens (including phenoxy) is 3. The molecule has 0 radical (unpaired) electrons. The van der Waals surface area contributed by atoms with Crippen LogP contribution in [-0.2, 0) is 0 Å². The summed E-state index contributed by atoms with van der Waals surface area (Å²) < 4.78 is 18.6. The number of esters is 3. The van der Waals surface area contributed by atoms with Crippen molar-refractivity contribution in [3.8, 4) is 17.2 Å². The summed E-state index contributed by atoms with van der Waals surface area (Å²) in [7, 11) is 0. The first-order valence-corrected chi connectivity index (χ1v) is 25.9. The maximum absolute atomic E-state index is 14.8. The van der Waals surface area contributed by atoms with E-state index < -0.39 is 17.9 Å². The van der Waals surface area contributed by atoms with E-state index in [0.717, 1.165) is 48.5 Å². The van der Waals surface area contributed by atoms with Crippen LogP contribution in [0.1, 0.15) is 31.1 Å². The molecule has 0 saturated carbocycles. The summed E-state index contributed by atoms with van der Waals surface area (Å²) in [5.74, 6) is -2.51. The Labute approximate surface area is 462 Å². The van der Waals surface area contributed by atoms with E-state index in [9.17, 15) is 14.4 Å². The average Bonchev–Trinajstić information content (AvgIpc) is 3.57. The van der Waals surface area contributed by atoms with E-state index in [4.69, 9.17) is 29.6 Å². The molecule has 12 heteroatoms. The SMILES string of the molecule is O=C(Oc1ccc2ccccc2c1/N=N/c1cccc2ccccc12)c1cc(C(=O)Oc2ccc3ccccc3c2/N=N/c2cccc3ccccc23)cc(C(=O)Oc2ccc3ccccc3c2/N=N/c2cccc3ccccc23)c1. The number of carbonyl (C=O) groups excluding carboxylic acids is 3. The van der Waals surface area contributed by atoms with E-state index in [2.05, 4.69) is 15.3 Å². The Morgan fingerprint density at radius 2 is 0.469 bits per heavy atom. The van der Waals surface area contributed by atoms with Gasteiger partial charge in [-0.05, 0) is 86.9 Å². The largest absolute Gasteiger partial charge is 0.421 e. The van der Waals surface area contributed by atoms with Gasteiger partial charge in [-0.15, -0.1) is 30.7 Å². The fraction of sp³-hybridized carbons (Fsp3) is 0. The van der Waals surface area contributed by atoms with Crippen LogP contribution in [0, 0.1) is 0 Å². The van der Waals surface area contributed by atoms with Gasteiger partial charge in [-0.1, -0.05) is 200 Å². The minimum atomic E-state index is -0.916. The molecule has 13 aromatic rings.